The third-order valence-electron chi connectivity index (χ3n) is 6.60. The van der Waals surface area contributed by atoms with Crippen LogP contribution in [-0.4, -0.2) is 50.6 Å². The molecule has 2 fully saturated rings. The van der Waals surface area contributed by atoms with Gasteiger partial charge in [-0.25, -0.2) is 9.67 Å². The first kappa shape index (κ1) is 20.0. The molecule has 2 amide bonds. The van der Waals surface area contributed by atoms with Crippen molar-refractivity contribution in [2.45, 2.75) is 38.6 Å². The Labute approximate surface area is 185 Å². The summed E-state index contributed by atoms with van der Waals surface area (Å²) in [6, 6.07) is 8.43. The number of carbonyl (C=O) groups is 2. The van der Waals surface area contributed by atoms with Gasteiger partial charge in [0.05, 0.1) is 22.3 Å². The van der Waals surface area contributed by atoms with Crippen molar-refractivity contribution < 1.29 is 9.59 Å². The number of fused-ring (bicyclic) bond motifs is 1. The molecule has 1 saturated heterocycles. The number of hydrogen-bond acceptors (Lipinski definition) is 4. The van der Waals surface area contributed by atoms with Crippen molar-refractivity contribution in [3.05, 3.63) is 53.3 Å². The number of likely N-dealkylation sites (tertiary alicyclic amines) is 1. The molecule has 0 bridgehead atoms. The largest absolute Gasteiger partial charge is 0.341 e. The van der Waals surface area contributed by atoms with Crippen LogP contribution in [0.2, 0.25) is 5.02 Å². The monoisotopic (exact) mass is 437 g/mol. The summed E-state index contributed by atoms with van der Waals surface area (Å²) in [5.41, 5.74) is 1.75. The van der Waals surface area contributed by atoms with Crippen molar-refractivity contribution in [1.82, 2.24) is 25.0 Å². The van der Waals surface area contributed by atoms with Crippen molar-refractivity contribution in [3.8, 4) is 5.82 Å². The number of piperidine rings is 1. The van der Waals surface area contributed by atoms with E-state index in [4.69, 9.17) is 11.6 Å². The third-order valence-corrected chi connectivity index (χ3v) is 6.93. The molecule has 1 aromatic carbocycles. The Bertz CT molecular complexity index is 1140. The molecule has 1 atom stereocenters. The Morgan fingerprint density at radius 1 is 1.10 bits per heavy atom. The van der Waals surface area contributed by atoms with Gasteiger partial charge in [-0.2, -0.15) is 5.10 Å². The van der Waals surface area contributed by atoms with Gasteiger partial charge in [0.2, 0.25) is 5.91 Å². The average molecular weight is 438 g/mol. The smallest absolute Gasteiger partial charge is 0.253 e. The molecule has 1 N–H and O–H groups in total. The summed E-state index contributed by atoms with van der Waals surface area (Å²) in [6.45, 7) is 3.32. The van der Waals surface area contributed by atoms with Crippen LogP contribution in [0.1, 0.15) is 43.0 Å². The first-order valence-corrected chi connectivity index (χ1v) is 11.0. The predicted octanol–water partition coefficient (Wildman–Crippen LogP) is 3.59. The fourth-order valence-corrected chi connectivity index (χ4v) is 4.56. The van der Waals surface area contributed by atoms with E-state index in [1.54, 1.807) is 29.9 Å². The van der Waals surface area contributed by atoms with E-state index < -0.39 is 6.04 Å². The Morgan fingerprint density at radius 3 is 2.55 bits per heavy atom. The number of pyridine rings is 1. The predicted molar refractivity (Wildman–Crippen MR) is 118 cm³/mol. The molecule has 3 heterocycles. The Balaban J connectivity index is 1.24. The number of rotatable bonds is 4. The van der Waals surface area contributed by atoms with Gasteiger partial charge >= 0.3 is 0 Å². The van der Waals surface area contributed by atoms with Crippen LogP contribution in [-0.2, 0) is 4.79 Å². The molecule has 1 spiro atoms. The number of nitrogens with zero attached hydrogens (tertiary/aromatic N) is 4. The summed E-state index contributed by atoms with van der Waals surface area (Å²) in [5, 5.41) is 8.63. The molecule has 1 aliphatic heterocycles. The zero-order valence-electron chi connectivity index (χ0n) is 17.3. The van der Waals surface area contributed by atoms with Crippen molar-refractivity contribution in [1.29, 1.82) is 0 Å². The highest BCUT2D eigenvalue weighted by Crippen LogP contribution is 2.53. The number of aromatic nitrogens is 3. The number of halogens is 1. The van der Waals surface area contributed by atoms with Crippen molar-refractivity contribution in [3.63, 3.8) is 0 Å². The molecule has 2 aromatic heterocycles. The van der Waals surface area contributed by atoms with Crippen LogP contribution in [0.25, 0.3) is 16.7 Å². The minimum absolute atomic E-state index is 0.0201. The molecule has 31 heavy (non-hydrogen) atoms. The highest BCUT2D eigenvalue weighted by molar-refractivity contribution is 6.35. The van der Waals surface area contributed by atoms with Crippen LogP contribution in [0, 0.1) is 5.41 Å². The molecule has 0 unspecified atom stereocenters. The van der Waals surface area contributed by atoms with Gasteiger partial charge in [-0.1, -0.05) is 17.7 Å². The fraction of sp³-hybridized carbons (Fsp3) is 0.391. The topological polar surface area (TPSA) is 80.1 Å². The van der Waals surface area contributed by atoms with E-state index in [2.05, 4.69) is 15.4 Å². The van der Waals surface area contributed by atoms with Crippen LogP contribution in [0.15, 0.2) is 42.7 Å². The van der Waals surface area contributed by atoms with Crippen molar-refractivity contribution in [2.75, 3.05) is 13.1 Å². The quantitative estimate of drug-likeness (QED) is 0.676. The van der Waals surface area contributed by atoms with Crippen LogP contribution in [0.5, 0.6) is 0 Å². The number of benzene rings is 1. The summed E-state index contributed by atoms with van der Waals surface area (Å²) in [4.78, 5) is 31.6. The molecule has 1 aliphatic carbocycles. The average Bonchev–Trinajstić information content (AvgIpc) is 3.39. The summed E-state index contributed by atoms with van der Waals surface area (Å²) in [7, 11) is 0. The zero-order chi connectivity index (χ0) is 21.6. The number of hydrogen-bond donors (Lipinski definition) is 1. The molecule has 7 nitrogen and oxygen atoms in total. The maximum Gasteiger partial charge on any atom is 0.253 e. The Hall–Kier alpha value is -2.93. The normalized spacial score (nSPS) is 18.2. The summed E-state index contributed by atoms with van der Waals surface area (Å²) in [6.07, 6.45) is 7.95. The molecule has 160 valence electrons. The number of nitrogens with one attached hydrogen (secondary N) is 1. The van der Waals surface area contributed by atoms with Crippen molar-refractivity contribution in [2.24, 2.45) is 5.41 Å². The minimum atomic E-state index is -0.572. The lowest BCUT2D eigenvalue weighted by Gasteiger charge is -2.33. The second kappa shape index (κ2) is 7.64. The van der Waals surface area contributed by atoms with E-state index in [9.17, 15) is 9.59 Å². The minimum Gasteiger partial charge on any atom is -0.341 e. The van der Waals surface area contributed by atoms with Gasteiger partial charge in [0.15, 0.2) is 5.82 Å². The SMILES string of the molecule is C[C@H](NC(=O)c1ccc(-n2ncc3c(Cl)cccc32)nc1)C(=O)N1CCC2(CC1)CC2. The molecule has 3 aromatic rings. The van der Waals surface area contributed by atoms with E-state index in [-0.39, 0.29) is 11.8 Å². The first-order valence-electron chi connectivity index (χ1n) is 10.6. The van der Waals surface area contributed by atoms with E-state index in [1.807, 2.05) is 23.1 Å². The highest BCUT2D eigenvalue weighted by atomic mass is 35.5. The van der Waals surface area contributed by atoms with Gasteiger partial charge in [0.1, 0.15) is 6.04 Å². The lowest BCUT2D eigenvalue weighted by atomic mass is 9.93. The highest BCUT2D eigenvalue weighted by Gasteiger charge is 2.45. The first-order chi connectivity index (χ1) is 15.0. The fourth-order valence-electron chi connectivity index (χ4n) is 4.34. The van der Waals surface area contributed by atoms with Gasteiger partial charge in [0.25, 0.3) is 5.91 Å². The lowest BCUT2D eigenvalue weighted by Crippen LogP contribution is -2.49. The zero-order valence-corrected chi connectivity index (χ0v) is 18.1. The van der Waals surface area contributed by atoms with Gasteiger partial charge in [-0.3, -0.25) is 9.59 Å². The summed E-state index contributed by atoms with van der Waals surface area (Å²) >= 11 is 6.21. The van der Waals surface area contributed by atoms with Crippen LogP contribution in [0.4, 0.5) is 0 Å². The summed E-state index contributed by atoms with van der Waals surface area (Å²) < 4.78 is 1.68. The second-order valence-electron chi connectivity index (χ2n) is 8.65. The number of carbonyl (C=O) groups excluding carboxylic acids is 2. The maximum absolute atomic E-state index is 12.7. The second-order valence-corrected chi connectivity index (χ2v) is 9.06. The van der Waals surface area contributed by atoms with Crippen molar-refractivity contribution >= 4 is 34.3 Å². The molecule has 2 aliphatic rings. The molecule has 0 radical (unpaired) electrons. The van der Waals surface area contributed by atoms with Crippen LogP contribution >= 0.6 is 11.6 Å². The Morgan fingerprint density at radius 2 is 1.87 bits per heavy atom. The van der Waals surface area contributed by atoms with Crippen LogP contribution in [0.3, 0.4) is 0 Å². The third kappa shape index (κ3) is 3.78. The molecular formula is C23H24ClN5O2. The molecule has 1 saturated carbocycles. The lowest BCUT2D eigenvalue weighted by molar-refractivity contribution is -0.134. The van der Waals surface area contributed by atoms with E-state index in [0.717, 1.165) is 36.8 Å². The maximum atomic E-state index is 12.7. The summed E-state index contributed by atoms with van der Waals surface area (Å²) in [5.74, 6) is 0.248. The van der Waals surface area contributed by atoms with E-state index in [0.29, 0.717) is 21.8 Å². The molecule has 8 heteroatoms. The number of amides is 2. The van der Waals surface area contributed by atoms with Crippen LogP contribution < -0.4 is 5.32 Å². The van der Waals surface area contributed by atoms with E-state index >= 15 is 0 Å². The van der Waals surface area contributed by atoms with Gasteiger partial charge in [-0.15, -0.1) is 0 Å². The van der Waals surface area contributed by atoms with Gasteiger partial charge in [-0.05, 0) is 62.3 Å². The van der Waals surface area contributed by atoms with Gasteiger partial charge < -0.3 is 10.2 Å². The van der Waals surface area contributed by atoms with E-state index in [1.165, 1.54) is 19.0 Å². The molecular weight excluding hydrogens is 414 g/mol. The molecule has 5 rings (SSSR count). The standard InChI is InChI=1S/C23H24ClN5O2/c1-15(22(31)28-11-9-23(7-8-23)10-12-28)27-21(30)16-5-6-20(25-13-16)29-19-4-2-3-18(24)17(19)14-26-29/h2-6,13-15H,7-12H2,1H3,(H,27,30)/t15-/m0/s1. The van der Waals surface area contributed by atoms with Gasteiger partial charge in [0, 0.05) is 24.7 Å². The Kier molecular flexibility index (Phi) is 4.93.